The molecule has 0 spiro atoms. The summed E-state index contributed by atoms with van der Waals surface area (Å²) in [6.45, 7) is 4.22. The number of anilines is 1. The van der Waals surface area contributed by atoms with Gasteiger partial charge in [0.15, 0.2) is 0 Å². The molecule has 2 N–H and O–H groups in total. The highest BCUT2D eigenvalue weighted by molar-refractivity contribution is 7.86. The standard InChI is InChI=1S/C36H35N5O3S/c1-23-8-15-29(16-9-23)45(42,43)44-22-25-10-12-27(13-11-25)36-40-33(34-35(37)38-18-19-41(34)36)28-14-17-30-24(2)20-31(39-32(30)21-28)26-6-4-3-5-7-26/h3-9,14-21,25,27H,10-13,22H2,1-2H3,(H2,37,38). The van der Waals surface area contributed by atoms with Gasteiger partial charge in [-0.2, -0.15) is 8.42 Å². The summed E-state index contributed by atoms with van der Waals surface area (Å²) in [5.41, 5.74) is 14.1. The fraction of sp³-hybridized carbons (Fsp3) is 0.250. The number of nitrogen functional groups attached to an aromatic ring is 1. The first-order valence-electron chi connectivity index (χ1n) is 15.3. The average Bonchev–Trinajstić information content (AvgIpc) is 3.45. The molecule has 0 amide bonds. The van der Waals surface area contributed by atoms with Crippen LogP contribution >= 0.6 is 0 Å². The Balaban J connectivity index is 1.15. The molecule has 6 aromatic rings. The van der Waals surface area contributed by atoms with E-state index in [0.29, 0.717) is 5.82 Å². The lowest BCUT2D eigenvalue weighted by Gasteiger charge is -2.27. The number of hydrogen-bond donors (Lipinski definition) is 1. The second-order valence-corrected chi connectivity index (χ2v) is 13.7. The van der Waals surface area contributed by atoms with Gasteiger partial charge in [-0.25, -0.2) is 15.0 Å². The lowest BCUT2D eigenvalue weighted by molar-refractivity contribution is 0.203. The first-order valence-corrected chi connectivity index (χ1v) is 16.7. The molecule has 7 rings (SSSR count). The van der Waals surface area contributed by atoms with E-state index in [1.165, 1.54) is 0 Å². The van der Waals surface area contributed by atoms with Crippen LogP contribution in [-0.2, 0) is 14.3 Å². The molecule has 45 heavy (non-hydrogen) atoms. The molecule has 0 atom stereocenters. The molecule has 0 bridgehead atoms. The summed E-state index contributed by atoms with van der Waals surface area (Å²) in [6.07, 6.45) is 7.08. The highest BCUT2D eigenvalue weighted by Gasteiger charge is 2.29. The van der Waals surface area contributed by atoms with Crippen LogP contribution in [0.2, 0.25) is 0 Å². The number of aryl methyl sites for hydroxylation is 2. The van der Waals surface area contributed by atoms with Gasteiger partial charge >= 0.3 is 0 Å². The number of rotatable bonds is 7. The van der Waals surface area contributed by atoms with Crippen molar-refractivity contribution in [2.75, 3.05) is 12.3 Å². The van der Waals surface area contributed by atoms with Crippen molar-refractivity contribution in [1.82, 2.24) is 19.4 Å². The van der Waals surface area contributed by atoms with E-state index in [2.05, 4.69) is 52.7 Å². The molecule has 0 aliphatic heterocycles. The SMILES string of the molecule is Cc1ccc(S(=O)(=O)OCC2CCC(c3nc(-c4ccc5c(C)cc(-c6ccccc6)nc5c4)c4c(N)nccn34)CC2)cc1. The molecule has 8 nitrogen and oxygen atoms in total. The highest BCUT2D eigenvalue weighted by atomic mass is 32.2. The normalized spacial score (nSPS) is 17.2. The molecular formula is C36H35N5O3S. The molecule has 1 aliphatic rings. The number of fused-ring (bicyclic) bond motifs is 2. The van der Waals surface area contributed by atoms with Crippen LogP contribution in [-0.4, -0.2) is 34.4 Å². The van der Waals surface area contributed by atoms with E-state index in [-0.39, 0.29) is 23.3 Å². The van der Waals surface area contributed by atoms with E-state index in [4.69, 9.17) is 19.9 Å². The molecule has 0 unspecified atom stereocenters. The summed E-state index contributed by atoms with van der Waals surface area (Å²) < 4.78 is 33.0. The third-order valence-corrected chi connectivity index (χ3v) is 10.2. The second-order valence-electron chi connectivity index (χ2n) is 12.0. The second kappa shape index (κ2) is 11.7. The number of benzene rings is 3. The molecule has 1 fully saturated rings. The van der Waals surface area contributed by atoms with Crippen LogP contribution in [0.1, 0.15) is 48.6 Å². The van der Waals surface area contributed by atoms with Crippen LogP contribution in [0.15, 0.2) is 96.2 Å². The Morgan fingerprint density at radius 2 is 1.64 bits per heavy atom. The van der Waals surface area contributed by atoms with Gasteiger partial charge in [-0.3, -0.25) is 8.58 Å². The molecule has 9 heteroatoms. The topological polar surface area (TPSA) is 112 Å². The monoisotopic (exact) mass is 617 g/mol. The Hall–Kier alpha value is -4.60. The largest absolute Gasteiger partial charge is 0.382 e. The van der Waals surface area contributed by atoms with Gasteiger partial charge in [-0.1, -0.05) is 60.2 Å². The molecular weight excluding hydrogens is 582 g/mol. The molecule has 3 heterocycles. The summed E-state index contributed by atoms with van der Waals surface area (Å²) in [4.78, 5) is 14.8. The van der Waals surface area contributed by atoms with Crippen molar-refractivity contribution in [3.8, 4) is 22.5 Å². The smallest absolute Gasteiger partial charge is 0.296 e. The zero-order valence-electron chi connectivity index (χ0n) is 25.3. The maximum absolute atomic E-state index is 12.7. The van der Waals surface area contributed by atoms with Crippen molar-refractivity contribution in [1.29, 1.82) is 0 Å². The average molecular weight is 618 g/mol. The van der Waals surface area contributed by atoms with Gasteiger partial charge in [-0.15, -0.1) is 0 Å². The van der Waals surface area contributed by atoms with Crippen LogP contribution in [0.3, 0.4) is 0 Å². The number of nitrogens with two attached hydrogens (primary N) is 1. The van der Waals surface area contributed by atoms with Gasteiger partial charge in [0.1, 0.15) is 22.9 Å². The Bertz CT molecular complexity index is 2120. The van der Waals surface area contributed by atoms with Crippen molar-refractivity contribution in [3.05, 3.63) is 108 Å². The predicted octanol–water partition coefficient (Wildman–Crippen LogP) is 7.49. The molecule has 1 aliphatic carbocycles. The molecule has 0 radical (unpaired) electrons. The van der Waals surface area contributed by atoms with E-state index in [9.17, 15) is 8.42 Å². The molecule has 0 saturated heterocycles. The van der Waals surface area contributed by atoms with Crippen molar-refractivity contribution in [2.24, 2.45) is 5.92 Å². The van der Waals surface area contributed by atoms with Crippen LogP contribution in [0.25, 0.3) is 38.9 Å². The van der Waals surface area contributed by atoms with E-state index in [1.54, 1.807) is 30.5 Å². The van der Waals surface area contributed by atoms with E-state index < -0.39 is 10.1 Å². The Morgan fingerprint density at radius 1 is 0.889 bits per heavy atom. The Kier molecular flexibility index (Phi) is 7.59. The number of hydrogen-bond acceptors (Lipinski definition) is 7. The van der Waals surface area contributed by atoms with Crippen molar-refractivity contribution < 1.29 is 12.6 Å². The first kappa shape index (κ1) is 29.1. The van der Waals surface area contributed by atoms with Gasteiger partial charge < -0.3 is 5.73 Å². The molecule has 3 aromatic carbocycles. The van der Waals surface area contributed by atoms with Gasteiger partial charge in [0.2, 0.25) is 0 Å². The minimum absolute atomic E-state index is 0.160. The van der Waals surface area contributed by atoms with E-state index in [1.807, 2.05) is 31.3 Å². The van der Waals surface area contributed by atoms with Crippen molar-refractivity contribution >= 4 is 32.4 Å². The maximum Gasteiger partial charge on any atom is 0.296 e. The van der Waals surface area contributed by atoms with E-state index in [0.717, 1.165) is 81.6 Å². The fourth-order valence-electron chi connectivity index (χ4n) is 6.43. The van der Waals surface area contributed by atoms with Crippen LogP contribution < -0.4 is 5.73 Å². The number of aromatic nitrogens is 4. The fourth-order valence-corrected chi connectivity index (χ4v) is 7.41. The zero-order chi connectivity index (χ0) is 31.1. The minimum atomic E-state index is -3.78. The summed E-state index contributed by atoms with van der Waals surface area (Å²) in [5.74, 6) is 1.73. The van der Waals surface area contributed by atoms with E-state index >= 15 is 0 Å². The van der Waals surface area contributed by atoms with Crippen LogP contribution in [0.5, 0.6) is 0 Å². The molecule has 228 valence electrons. The van der Waals surface area contributed by atoms with Crippen molar-refractivity contribution in [2.45, 2.75) is 50.3 Å². The third kappa shape index (κ3) is 5.69. The summed E-state index contributed by atoms with van der Waals surface area (Å²) >= 11 is 0. The van der Waals surface area contributed by atoms with Crippen LogP contribution in [0, 0.1) is 19.8 Å². The lowest BCUT2D eigenvalue weighted by Crippen LogP contribution is -2.21. The predicted molar refractivity (Wildman–Crippen MR) is 177 cm³/mol. The Labute approximate surface area is 263 Å². The third-order valence-electron chi connectivity index (χ3n) is 8.95. The summed E-state index contributed by atoms with van der Waals surface area (Å²) in [5, 5.41) is 1.10. The van der Waals surface area contributed by atoms with Crippen molar-refractivity contribution in [3.63, 3.8) is 0 Å². The minimum Gasteiger partial charge on any atom is -0.382 e. The molecule has 1 saturated carbocycles. The van der Waals surface area contributed by atoms with Gasteiger partial charge in [0.05, 0.1) is 22.7 Å². The maximum atomic E-state index is 12.7. The highest BCUT2D eigenvalue weighted by Crippen LogP contribution is 2.39. The quantitative estimate of drug-likeness (QED) is 0.185. The number of pyridine rings is 1. The Morgan fingerprint density at radius 3 is 2.40 bits per heavy atom. The first-order chi connectivity index (χ1) is 21.8. The lowest BCUT2D eigenvalue weighted by atomic mass is 9.82. The number of nitrogens with zero attached hydrogens (tertiary/aromatic N) is 4. The zero-order valence-corrected chi connectivity index (χ0v) is 26.2. The summed E-state index contributed by atoms with van der Waals surface area (Å²) in [7, 11) is -3.78. The number of imidazole rings is 1. The summed E-state index contributed by atoms with van der Waals surface area (Å²) in [6, 6.07) is 25.4. The molecule has 3 aromatic heterocycles. The van der Waals surface area contributed by atoms with Gasteiger partial charge in [0.25, 0.3) is 10.1 Å². The van der Waals surface area contributed by atoms with Gasteiger partial charge in [0, 0.05) is 34.8 Å². The van der Waals surface area contributed by atoms with Gasteiger partial charge in [-0.05, 0) is 75.3 Å². The van der Waals surface area contributed by atoms with Crippen LogP contribution in [0.4, 0.5) is 5.82 Å².